The standard InChI is InChI=1S/C31H33FN4O4/c1-30(2)28(35-27(39)19-6-9-23(21(32)16-19)36-14-12-18(17-37)13-15-36)31(3,4)29(30)40-24-10-8-22(33-5)26-20(24)7-11-25(38)34-26/h6-11,16-18,28-29H,12-15H2,1-4H3,(H,34,38)(H,35,39). The van der Waals surface area contributed by atoms with Crippen LogP contribution in [0.3, 0.4) is 0 Å². The maximum Gasteiger partial charge on any atom is 0.251 e. The lowest BCUT2D eigenvalue weighted by Gasteiger charge is -2.63. The third-order valence-electron chi connectivity index (χ3n) is 8.60. The Balaban J connectivity index is 1.32. The fraction of sp³-hybridized carbons (Fsp3) is 0.419. The number of benzene rings is 2. The first kappa shape index (κ1) is 27.4. The summed E-state index contributed by atoms with van der Waals surface area (Å²) < 4.78 is 21.6. The highest BCUT2D eigenvalue weighted by atomic mass is 19.1. The highest BCUT2D eigenvalue weighted by Crippen LogP contribution is 2.56. The van der Waals surface area contributed by atoms with Gasteiger partial charge in [-0.3, -0.25) is 9.59 Å². The van der Waals surface area contributed by atoms with Crippen LogP contribution in [0.4, 0.5) is 15.8 Å². The number of nitrogens with zero attached hydrogens (tertiary/aromatic N) is 2. The monoisotopic (exact) mass is 544 g/mol. The van der Waals surface area contributed by atoms with Crippen molar-refractivity contribution >= 4 is 34.5 Å². The molecule has 1 aromatic heterocycles. The summed E-state index contributed by atoms with van der Waals surface area (Å²) >= 11 is 0. The first-order chi connectivity index (χ1) is 19.0. The van der Waals surface area contributed by atoms with Gasteiger partial charge in [0.05, 0.1) is 17.8 Å². The lowest BCUT2D eigenvalue weighted by atomic mass is 9.49. The second-order valence-electron chi connectivity index (χ2n) is 12.0. The molecule has 1 aliphatic heterocycles. The van der Waals surface area contributed by atoms with Crippen molar-refractivity contribution in [3.8, 4) is 5.75 Å². The predicted octanol–water partition coefficient (Wildman–Crippen LogP) is 5.25. The predicted molar refractivity (Wildman–Crippen MR) is 151 cm³/mol. The first-order valence-electron chi connectivity index (χ1n) is 13.5. The number of piperidine rings is 1. The van der Waals surface area contributed by atoms with Crippen LogP contribution in [-0.4, -0.2) is 42.4 Å². The third-order valence-corrected chi connectivity index (χ3v) is 8.60. The molecule has 0 spiro atoms. The van der Waals surface area contributed by atoms with Crippen molar-refractivity contribution in [1.82, 2.24) is 10.3 Å². The number of carbonyl (C=O) groups excluding carboxylic acids is 2. The maximum absolute atomic E-state index is 15.1. The number of pyridine rings is 1. The molecule has 1 amide bonds. The number of amides is 1. The van der Waals surface area contributed by atoms with Crippen molar-refractivity contribution < 1.29 is 18.7 Å². The van der Waals surface area contributed by atoms with Crippen LogP contribution in [0, 0.1) is 29.1 Å². The molecule has 2 fully saturated rings. The molecule has 2 heterocycles. The van der Waals surface area contributed by atoms with Crippen LogP contribution in [0.1, 0.15) is 50.9 Å². The molecule has 2 N–H and O–H groups in total. The van der Waals surface area contributed by atoms with Gasteiger partial charge in [-0.25, -0.2) is 9.24 Å². The van der Waals surface area contributed by atoms with Gasteiger partial charge in [-0.1, -0.05) is 33.8 Å². The summed E-state index contributed by atoms with van der Waals surface area (Å²) in [4.78, 5) is 44.3. The van der Waals surface area contributed by atoms with Crippen LogP contribution >= 0.6 is 0 Å². The Morgan fingerprint density at radius 1 is 1.12 bits per heavy atom. The van der Waals surface area contributed by atoms with Crippen LogP contribution in [0.2, 0.25) is 0 Å². The SMILES string of the molecule is [C-]#[N+]c1ccc(OC2C(C)(C)C(NC(=O)c3ccc(N4CCC(C=O)CC4)c(F)c3)C2(C)C)c2ccc(=O)[nH]c12. The summed E-state index contributed by atoms with van der Waals surface area (Å²) in [5.41, 5.74) is 0.190. The largest absolute Gasteiger partial charge is 0.489 e. The average Bonchev–Trinajstić information content (AvgIpc) is 2.93. The van der Waals surface area contributed by atoms with E-state index in [1.807, 2.05) is 32.6 Å². The zero-order valence-corrected chi connectivity index (χ0v) is 23.1. The summed E-state index contributed by atoms with van der Waals surface area (Å²) in [7, 11) is 0. The Morgan fingerprint density at radius 2 is 1.82 bits per heavy atom. The number of hydrogen-bond donors (Lipinski definition) is 2. The van der Waals surface area contributed by atoms with Crippen LogP contribution in [-0.2, 0) is 4.79 Å². The molecule has 208 valence electrons. The summed E-state index contributed by atoms with van der Waals surface area (Å²) in [5.74, 6) is -0.255. The molecule has 1 aliphatic carbocycles. The topological polar surface area (TPSA) is 95.9 Å². The summed E-state index contributed by atoms with van der Waals surface area (Å²) in [5, 5.41) is 3.74. The Bertz CT molecular complexity index is 1560. The van der Waals surface area contributed by atoms with E-state index in [1.54, 1.807) is 30.3 Å². The summed E-state index contributed by atoms with van der Waals surface area (Å²) in [6, 6.07) is 10.7. The quantitative estimate of drug-likeness (QED) is 0.327. The van der Waals surface area contributed by atoms with Gasteiger partial charge in [0, 0.05) is 52.9 Å². The molecule has 5 rings (SSSR count). The number of halogens is 1. The molecule has 1 saturated carbocycles. The number of aromatic amines is 1. The number of fused-ring (bicyclic) bond motifs is 1. The fourth-order valence-electron chi connectivity index (χ4n) is 6.73. The number of rotatable bonds is 6. The van der Waals surface area contributed by atoms with Gasteiger partial charge in [0.1, 0.15) is 24.0 Å². The van der Waals surface area contributed by atoms with E-state index in [-0.39, 0.29) is 35.1 Å². The van der Waals surface area contributed by atoms with E-state index in [9.17, 15) is 14.4 Å². The molecule has 0 bridgehead atoms. The minimum atomic E-state index is -0.479. The van der Waals surface area contributed by atoms with Crippen LogP contribution in [0.5, 0.6) is 5.75 Å². The van der Waals surface area contributed by atoms with E-state index in [1.165, 1.54) is 12.1 Å². The Hall–Kier alpha value is -4.19. The van der Waals surface area contributed by atoms with Gasteiger partial charge in [-0.15, -0.1) is 0 Å². The Labute approximate surface area is 232 Å². The molecule has 0 radical (unpaired) electrons. The molecule has 9 heteroatoms. The van der Waals surface area contributed by atoms with Crippen molar-refractivity contribution in [2.24, 2.45) is 16.7 Å². The highest BCUT2D eigenvalue weighted by Gasteiger charge is 2.64. The van der Waals surface area contributed by atoms with E-state index < -0.39 is 16.6 Å². The summed E-state index contributed by atoms with van der Waals surface area (Å²) in [6.07, 6.45) is 2.05. The van der Waals surface area contributed by atoms with E-state index in [2.05, 4.69) is 15.1 Å². The van der Waals surface area contributed by atoms with Crippen LogP contribution in [0.15, 0.2) is 47.3 Å². The number of ether oxygens (including phenoxy) is 1. The summed E-state index contributed by atoms with van der Waals surface area (Å²) in [6.45, 7) is 16.7. The molecular weight excluding hydrogens is 511 g/mol. The van der Waals surface area contributed by atoms with Crippen molar-refractivity contribution in [2.45, 2.75) is 52.7 Å². The van der Waals surface area contributed by atoms with Crippen molar-refractivity contribution in [3.63, 3.8) is 0 Å². The second kappa shape index (κ2) is 10.1. The Morgan fingerprint density at radius 3 is 2.45 bits per heavy atom. The molecule has 8 nitrogen and oxygen atoms in total. The minimum absolute atomic E-state index is 0.0206. The molecule has 40 heavy (non-hydrogen) atoms. The zero-order chi connectivity index (χ0) is 28.8. The molecule has 0 unspecified atom stereocenters. The number of aromatic nitrogens is 1. The lowest BCUT2D eigenvalue weighted by molar-refractivity contribution is -0.163. The normalized spacial score (nSPS) is 21.8. The molecular formula is C31H33FN4O4. The number of hydrogen-bond acceptors (Lipinski definition) is 5. The maximum atomic E-state index is 15.1. The molecule has 2 aromatic carbocycles. The van der Waals surface area contributed by atoms with Gasteiger partial charge >= 0.3 is 0 Å². The van der Waals surface area contributed by atoms with Crippen molar-refractivity contribution in [2.75, 3.05) is 18.0 Å². The molecule has 3 aromatic rings. The van der Waals surface area contributed by atoms with Gasteiger partial charge in [-0.2, -0.15) is 0 Å². The van der Waals surface area contributed by atoms with E-state index in [4.69, 9.17) is 11.3 Å². The number of H-pyrrole nitrogens is 1. The van der Waals surface area contributed by atoms with E-state index in [0.29, 0.717) is 54.0 Å². The number of aldehydes is 1. The smallest absolute Gasteiger partial charge is 0.251 e. The zero-order valence-electron chi connectivity index (χ0n) is 23.1. The van der Waals surface area contributed by atoms with Gasteiger partial charge in [0.2, 0.25) is 11.2 Å². The van der Waals surface area contributed by atoms with Gasteiger partial charge in [-0.05, 0) is 43.2 Å². The number of carbonyl (C=O) groups is 2. The van der Waals surface area contributed by atoms with Crippen molar-refractivity contribution in [3.05, 3.63) is 75.6 Å². The van der Waals surface area contributed by atoms with Gasteiger partial charge in [0.25, 0.3) is 5.91 Å². The average molecular weight is 545 g/mol. The minimum Gasteiger partial charge on any atom is -0.489 e. The molecule has 1 saturated heterocycles. The third kappa shape index (κ3) is 4.61. The first-order valence-corrected chi connectivity index (χ1v) is 13.5. The lowest BCUT2D eigenvalue weighted by Crippen LogP contribution is -2.74. The van der Waals surface area contributed by atoms with E-state index in [0.717, 1.165) is 6.29 Å². The Kier molecular flexibility index (Phi) is 6.90. The molecule has 0 atom stereocenters. The number of anilines is 1. The van der Waals surface area contributed by atoms with E-state index >= 15 is 4.39 Å². The number of nitrogens with one attached hydrogen (secondary N) is 2. The van der Waals surface area contributed by atoms with Gasteiger partial charge in [0.15, 0.2) is 0 Å². The molecule has 2 aliphatic rings. The second-order valence-corrected chi connectivity index (χ2v) is 12.0. The van der Waals surface area contributed by atoms with Crippen LogP contribution < -0.4 is 20.5 Å². The fourth-order valence-corrected chi connectivity index (χ4v) is 6.73. The van der Waals surface area contributed by atoms with Crippen LogP contribution in [0.25, 0.3) is 15.7 Å². The van der Waals surface area contributed by atoms with Gasteiger partial charge < -0.3 is 24.7 Å². The van der Waals surface area contributed by atoms with Crippen molar-refractivity contribution in [1.29, 1.82) is 0 Å². The highest BCUT2D eigenvalue weighted by molar-refractivity contribution is 5.96.